The topological polar surface area (TPSA) is 107 Å². The number of carbonyl (C=O) groups is 2. The van der Waals surface area contributed by atoms with Crippen molar-refractivity contribution in [2.45, 2.75) is 44.4 Å². The molecule has 2 aromatic carbocycles. The minimum absolute atomic E-state index is 0.0574. The molecule has 4 aromatic rings. The Morgan fingerprint density at radius 3 is 2.63 bits per heavy atom. The highest BCUT2D eigenvalue weighted by Crippen LogP contribution is 2.35. The Labute approximate surface area is 235 Å². The molecule has 2 amide bonds. The van der Waals surface area contributed by atoms with E-state index in [0.717, 1.165) is 4.90 Å². The van der Waals surface area contributed by atoms with Crippen molar-refractivity contribution in [2.75, 3.05) is 19.6 Å². The highest BCUT2D eigenvalue weighted by Gasteiger charge is 2.39. The summed E-state index contributed by atoms with van der Waals surface area (Å²) >= 11 is 6.38. The first-order valence-electron chi connectivity index (χ1n) is 13.2. The van der Waals surface area contributed by atoms with Crippen LogP contribution in [-0.2, 0) is 22.6 Å². The van der Waals surface area contributed by atoms with Crippen LogP contribution in [0.15, 0.2) is 35.3 Å². The third-order valence-electron chi connectivity index (χ3n) is 8.04. The molecular formula is C27H25ClF4N6O3. The number of likely N-dealkylation sites (tertiary alicyclic amines) is 1. The predicted octanol–water partition coefficient (Wildman–Crippen LogP) is 4.32. The Kier molecular flexibility index (Phi) is 6.79. The van der Waals surface area contributed by atoms with E-state index in [9.17, 15) is 31.9 Å². The van der Waals surface area contributed by atoms with Crippen LogP contribution in [0, 0.1) is 11.7 Å². The van der Waals surface area contributed by atoms with Crippen molar-refractivity contribution >= 4 is 45.4 Å². The molecule has 1 saturated heterocycles. The molecule has 0 saturated carbocycles. The molecule has 2 aliphatic rings. The smallest absolute Gasteiger partial charge is 0.343 e. The summed E-state index contributed by atoms with van der Waals surface area (Å²) in [6.07, 6.45) is -2.52. The van der Waals surface area contributed by atoms with Crippen LogP contribution in [0.3, 0.4) is 0 Å². The van der Waals surface area contributed by atoms with Gasteiger partial charge in [-0.1, -0.05) is 17.7 Å². The summed E-state index contributed by atoms with van der Waals surface area (Å²) in [4.78, 5) is 44.2. The van der Waals surface area contributed by atoms with E-state index < -0.39 is 36.1 Å². The summed E-state index contributed by atoms with van der Waals surface area (Å²) in [7, 11) is 0. The third-order valence-corrected chi connectivity index (χ3v) is 8.34. The van der Waals surface area contributed by atoms with Crippen LogP contribution in [0.5, 0.6) is 0 Å². The van der Waals surface area contributed by atoms with E-state index in [1.54, 1.807) is 17.0 Å². The monoisotopic (exact) mass is 592 g/mol. The van der Waals surface area contributed by atoms with Gasteiger partial charge in [0.1, 0.15) is 17.9 Å². The number of hydrogen-bond acceptors (Lipinski definition) is 4. The standard InChI is InChI=1S/C27H25ClF4N6O3/c28-19-9-14-8-15(25(40)37(13-27(30,31)32)12-18(14)17-11-33-35-23(17)19)10-22(39)36-6-4-16(5-7-36)38-21-3-1-2-20(29)24(21)34-26(38)41/h1-3,9,11,15-16H,4-8,10,12-13H2,(H,33,35)(H,34,41)/t15-/m0/s1. The largest absolute Gasteiger partial charge is 0.406 e. The van der Waals surface area contributed by atoms with Gasteiger partial charge in [-0.05, 0) is 48.6 Å². The lowest BCUT2D eigenvalue weighted by atomic mass is 9.92. The molecule has 14 heteroatoms. The number of imidazole rings is 1. The second kappa shape index (κ2) is 10.2. The number of benzene rings is 2. The van der Waals surface area contributed by atoms with E-state index >= 15 is 0 Å². The van der Waals surface area contributed by atoms with Crippen molar-refractivity contribution in [2.24, 2.45) is 5.92 Å². The van der Waals surface area contributed by atoms with Gasteiger partial charge in [0.05, 0.1) is 28.2 Å². The second-order valence-corrected chi connectivity index (χ2v) is 11.0. The number of aromatic nitrogens is 4. The minimum atomic E-state index is -4.62. The highest BCUT2D eigenvalue weighted by atomic mass is 35.5. The van der Waals surface area contributed by atoms with Crippen LogP contribution in [0.1, 0.15) is 36.4 Å². The van der Waals surface area contributed by atoms with Crippen LogP contribution < -0.4 is 5.69 Å². The number of alkyl halides is 3. The molecule has 0 bridgehead atoms. The number of halogens is 5. The Bertz CT molecular complexity index is 1720. The van der Waals surface area contributed by atoms with Gasteiger partial charge in [-0.2, -0.15) is 18.3 Å². The van der Waals surface area contributed by atoms with Crippen molar-refractivity contribution in [3.05, 3.63) is 62.9 Å². The van der Waals surface area contributed by atoms with Crippen LogP contribution in [0.25, 0.3) is 21.9 Å². The Balaban J connectivity index is 1.21. The number of carbonyl (C=O) groups excluding carboxylic acids is 2. The number of H-pyrrole nitrogens is 2. The molecule has 2 N–H and O–H groups in total. The van der Waals surface area contributed by atoms with Crippen molar-refractivity contribution in [1.29, 1.82) is 0 Å². The first-order valence-corrected chi connectivity index (χ1v) is 13.5. The first kappa shape index (κ1) is 27.3. The van der Waals surface area contributed by atoms with Gasteiger partial charge in [0.2, 0.25) is 11.8 Å². The molecule has 0 radical (unpaired) electrons. The molecule has 41 heavy (non-hydrogen) atoms. The lowest BCUT2D eigenvalue weighted by molar-refractivity contribution is -0.165. The number of hydrogen-bond donors (Lipinski definition) is 2. The highest BCUT2D eigenvalue weighted by molar-refractivity contribution is 6.35. The van der Waals surface area contributed by atoms with Crippen molar-refractivity contribution in [3.63, 3.8) is 0 Å². The predicted molar refractivity (Wildman–Crippen MR) is 142 cm³/mol. The number of amides is 2. The van der Waals surface area contributed by atoms with Crippen LogP contribution in [0.2, 0.25) is 5.02 Å². The summed E-state index contributed by atoms with van der Waals surface area (Å²) in [5.74, 6) is -2.65. The maximum absolute atomic E-state index is 14.1. The first-order chi connectivity index (χ1) is 19.5. The zero-order valence-corrected chi connectivity index (χ0v) is 22.4. The maximum Gasteiger partial charge on any atom is 0.406 e. The van der Waals surface area contributed by atoms with E-state index in [0.29, 0.717) is 45.4 Å². The van der Waals surface area contributed by atoms with Crippen LogP contribution in [0.4, 0.5) is 17.6 Å². The Morgan fingerprint density at radius 1 is 1.15 bits per heavy atom. The average Bonchev–Trinajstić information content (AvgIpc) is 3.51. The SMILES string of the molecule is O=C(C[C@@H]1Cc2cc(Cl)c3[nH]ncc3c2CN(CC(F)(F)F)C1=O)N1CCC(n2c(=O)[nH]c3c(F)cccc32)CC1. The molecule has 6 rings (SSSR count). The number of nitrogens with zero attached hydrogens (tertiary/aromatic N) is 4. The molecule has 4 heterocycles. The van der Waals surface area contributed by atoms with Gasteiger partial charge in [-0.15, -0.1) is 0 Å². The van der Waals surface area contributed by atoms with E-state index in [-0.39, 0.29) is 49.9 Å². The van der Waals surface area contributed by atoms with Gasteiger partial charge in [-0.25, -0.2) is 9.18 Å². The van der Waals surface area contributed by atoms with Gasteiger partial charge >= 0.3 is 11.9 Å². The fourth-order valence-electron chi connectivity index (χ4n) is 6.13. The molecule has 1 atom stereocenters. The third kappa shape index (κ3) is 5.07. The van der Waals surface area contributed by atoms with Crippen molar-refractivity contribution < 1.29 is 27.2 Å². The summed E-state index contributed by atoms with van der Waals surface area (Å²) in [6.45, 7) is -1.16. The number of rotatable bonds is 4. The van der Waals surface area contributed by atoms with Crippen molar-refractivity contribution in [3.8, 4) is 0 Å². The van der Waals surface area contributed by atoms with Crippen molar-refractivity contribution in [1.82, 2.24) is 29.5 Å². The van der Waals surface area contributed by atoms with Crippen LogP contribution >= 0.6 is 11.6 Å². The maximum atomic E-state index is 14.1. The van der Waals surface area contributed by atoms with E-state index in [1.165, 1.54) is 22.9 Å². The summed E-state index contributed by atoms with van der Waals surface area (Å²) < 4.78 is 56.0. The Hall–Kier alpha value is -3.87. The zero-order valence-electron chi connectivity index (χ0n) is 21.6. The molecule has 216 valence electrons. The number of aromatic amines is 2. The molecule has 1 fully saturated rings. The number of piperidine rings is 1. The average molecular weight is 593 g/mol. The molecule has 9 nitrogen and oxygen atoms in total. The lowest BCUT2D eigenvalue weighted by Gasteiger charge is -2.33. The Morgan fingerprint density at radius 2 is 1.90 bits per heavy atom. The van der Waals surface area contributed by atoms with E-state index in [1.807, 2.05) is 0 Å². The van der Waals surface area contributed by atoms with Gasteiger partial charge in [0.25, 0.3) is 0 Å². The zero-order chi connectivity index (χ0) is 29.1. The van der Waals surface area contributed by atoms with Gasteiger partial charge in [0, 0.05) is 37.5 Å². The van der Waals surface area contributed by atoms with Crippen LogP contribution in [-0.4, -0.2) is 67.2 Å². The van der Waals surface area contributed by atoms with Gasteiger partial charge in [-0.3, -0.25) is 19.3 Å². The van der Waals surface area contributed by atoms with E-state index in [2.05, 4.69) is 15.2 Å². The fourth-order valence-corrected chi connectivity index (χ4v) is 6.41. The molecule has 0 aliphatic carbocycles. The molecule has 2 aliphatic heterocycles. The summed E-state index contributed by atoms with van der Waals surface area (Å²) in [6, 6.07) is 5.79. The number of fused-ring (bicyclic) bond motifs is 4. The van der Waals surface area contributed by atoms with Gasteiger partial charge in [0.15, 0.2) is 0 Å². The normalized spacial score (nSPS) is 18.8. The quantitative estimate of drug-likeness (QED) is 0.344. The lowest BCUT2D eigenvalue weighted by Crippen LogP contribution is -2.44. The fraction of sp³-hybridized carbons (Fsp3) is 0.407. The number of para-hydroxylation sites is 1. The summed E-state index contributed by atoms with van der Waals surface area (Å²) in [5.41, 5.74) is 1.72. The molecule has 0 unspecified atom stereocenters. The summed E-state index contributed by atoms with van der Waals surface area (Å²) in [5, 5.41) is 7.56. The van der Waals surface area contributed by atoms with E-state index in [4.69, 9.17) is 11.6 Å². The second-order valence-electron chi connectivity index (χ2n) is 10.6. The molecule has 2 aromatic heterocycles. The minimum Gasteiger partial charge on any atom is -0.343 e. The number of nitrogens with one attached hydrogen (secondary N) is 2. The van der Waals surface area contributed by atoms with Gasteiger partial charge < -0.3 is 14.8 Å². The molecule has 0 spiro atoms. The molecular weight excluding hydrogens is 568 g/mol.